The van der Waals surface area contributed by atoms with Gasteiger partial charge in [0, 0.05) is 24.6 Å². The van der Waals surface area contributed by atoms with Gasteiger partial charge in [-0.3, -0.25) is 0 Å². The molecule has 5 nitrogen and oxygen atoms in total. The maximum atomic E-state index is 9.06. The van der Waals surface area contributed by atoms with Crippen molar-refractivity contribution in [2.24, 2.45) is 5.92 Å². The van der Waals surface area contributed by atoms with Crippen LogP contribution in [0.1, 0.15) is 32.5 Å². The molecule has 0 amide bonds. The van der Waals surface area contributed by atoms with Gasteiger partial charge in [0.2, 0.25) is 6.79 Å². The van der Waals surface area contributed by atoms with Crippen molar-refractivity contribution in [2.75, 3.05) is 6.79 Å². The van der Waals surface area contributed by atoms with E-state index < -0.39 is 0 Å². The Morgan fingerprint density at radius 1 is 1.30 bits per heavy atom. The summed E-state index contributed by atoms with van der Waals surface area (Å²) in [5.74, 6) is 2.72. The molecule has 0 saturated heterocycles. The highest BCUT2D eigenvalue weighted by Gasteiger charge is 2.21. The van der Waals surface area contributed by atoms with Gasteiger partial charge in [0.1, 0.15) is 5.82 Å². The van der Waals surface area contributed by atoms with Crippen LogP contribution in [0.3, 0.4) is 0 Å². The van der Waals surface area contributed by atoms with E-state index in [1.165, 1.54) is 0 Å². The fraction of sp³-hybridized carbons (Fsp3) is 0.467. The largest absolute Gasteiger partial charge is 0.454 e. The molecule has 0 spiro atoms. The number of imidazole rings is 1. The molecule has 3 rings (SSSR count). The summed E-state index contributed by atoms with van der Waals surface area (Å²) in [6, 6.07) is 6.15. The molecule has 0 aliphatic carbocycles. The molecule has 0 radical (unpaired) electrons. The van der Waals surface area contributed by atoms with Crippen molar-refractivity contribution in [3.63, 3.8) is 0 Å². The topological polar surface area (TPSA) is 60.1 Å². The number of fused-ring (bicyclic) bond motifs is 2. The number of aromatic nitrogens is 2. The first-order valence-electron chi connectivity index (χ1n) is 6.79. The third-order valence-electron chi connectivity index (χ3n) is 3.47. The van der Waals surface area contributed by atoms with Gasteiger partial charge in [0.05, 0.1) is 23.0 Å². The minimum atomic E-state index is -0.0599. The number of hydrogen-bond acceptors (Lipinski definition) is 4. The molecule has 0 fully saturated rings. The second-order valence-corrected chi connectivity index (χ2v) is 5.46. The van der Waals surface area contributed by atoms with Crippen molar-refractivity contribution >= 4 is 11.0 Å². The van der Waals surface area contributed by atoms with Gasteiger partial charge in [-0.1, -0.05) is 13.8 Å². The summed E-state index contributed by atoms with van der Waals surface area (Å²) in [4.78, 5) is 4.70. The van der Waals surface area contributed by atoms with Gasteiger partial charge >= 0.3 is 0 Å². The first-order valence-corrected chi connectivity index (χ1v) is 6.79. The Bertz CT molecular complexity index is 697. The molecule has 5 heteroatoms. The summed E-state index contributed by atoms with van der Waals surface area (Å²) in [5, 5.41) is 9.06. The normalized spacial score (nSPS) is 14.8. The Morgan fingerprint density at radius 2 is 2.00 bits per heavy atom. The second kappa shape index (κ2) is 4.71. The lowest BCUT2D eigenvalue weighted by Crippen LogP contribution is -2.10. The fourth-order valence-electron chi connectivity index (χ4n) is 2.48. The van der Waals surface area contributed by atoms with Crippen LogP contribution in [-0.2, 0) is 6.54 Å². The zero-order valence-electron chi connectivity index (χ0n) is 11.9. The molecular weight excluding hydrogens is 254 g/mol. The SMILES string of the molecule is CC(C#N)Cn1c(C(C)C)nc2cc3c(cc21)OCO3. The van der Waals surface area contributed by atoms with Crippen LogP contribution in [-0.4, -0.2) is 16.3 Å². The van der Waals surface area contributed by atoms with E-state index in [0.717, 1.165) is 28.4 Å². The smallest absolute Gasteiger partial charge is 0.231 e. The molecule has 20 heavy (non-hydrogen) atoms. The molecule has 1 aliphatic rings. The van der Waals surface area contributed by atoms with Crippen LogP contribution in [0.25, 0.3) is 11.0 Å². The summed E-state index contributed by atoms with van der Waals surface area (Å²) in [6.45, 7) is 7.03. The first-order chi connectivity index (χ1) is 9.60. The molecule has 1 aliphatic heterocycles. The average Bonchev–Trinajstić information content (AvgIpc) is 3.00. The van der Waals surface area contributed by atoms with E-state index in [9.17, 15) is 0 Å². The van der Waals surface area contributed by atoms with Crippen LogP contribution < -0.4 is 9.47 Å². The number of nitriles is 1. The molecule has 1 unspecified atom stereocenters. The van der Waals surface area contributed by atoms with Crippen molar-refractivity contribution in [1.29, 1.82) is 5.26 Å². The fourth-order valence-corrected chi connectivity index (χ4v) is 2.48. The Kier molecular flexibility index (Phi) is 3.01. The Hall–Kier alpha value is -2.22. The predicted octanol–water partition coefficient (Wildman–Crippen LogP) is 3.05. The molecule has 104 valence electrons. The van der Waals surface area contributed by atoms with Crippen LogP contribution in [0.15, 0.2) is 12.1 Å². The van der Waals surface area contributed by atoms with Gasteiger partial charge < -0.3 is 14.0 Å². The number of benzene rings is 1. The van der Waals surface area contributed by atoms with Gasteiger partial charge in [0.15, 0.2) is 11.5 Å². The second-order valence-electron chi connectivity index (χ2n) is 5.46. The van der Waals surface area contributed by atoms with Crippen molar-refractivity contribution in [1.82, 2.24) is 9.55 Å². The predicted molar refractivity (Wildman–Crippen MR) is 74.7 cm³/mol. The highest BCUT2D eigenvalue weighted by atomic mass is 16.7. The lowest BCUT2D eigenvalue weighted by molar-refractivity contribution is 0.174. The zero-order chi connectivity index (χ0) is 14.3. The van der Waals surface area contributed by atoms with Crippen molar-refractivity contribution in [2.45, 2.75) is 33.2 Å². The molecule has 0 saturated carbocycles. The standard InChI is InChI=1S/C15H17N3O2/c1-9(2)15-17-11-4-13-14(20-8-19-13)5-12(11)18(15)7-10(3)6-16/h4-5,9-10H,7-8H2,1-3H3. The molecular formula is C15H17N3O2. The van der Waals surface area contributed by atoms with Crippen molar-refractivity contribution in [3.8, 4) is 17.6 Å². The van der Waals surface area contributed by atoms with Crippen LogP contribution >= 0.6 is 0 Å². The molecule has 0 N–H and O–H groups in total. The summed E-state index contributed by atoms with van der Waals surface area (Å²) < 4.78 is 12.9. The molecule has 2 heterocycles. The van der Waals surface area contributed by atoms with Crippen LogP contribution in [0, 0.1) is 17.2 Å². The zero-order valence-corrected chi connectivity index (χ0v) is 11.9. The Balaban J connectivity index is 2.18. The van der Waals surface area contributed by atoms with Gasteiger partial charge in [-0.05, 0) is 6.92 Å². The summed E-state index contributed by atoms with van der Waals surface area (Å²) in [5.41, 5.74) is 1.89. The minimum Gasteiger partial charge on any atom is -0.454 e. The lowest BCUT2D eigenvalue weighted by atomic mass is 10.1. The quantitative estimate of drug-likeness (QED) is 0.860. The highest BCUT2D eigenvalue weighted by Crippen LogP contribution is 2.37. The van der Waals surface area contributed by atoms with Gasteiger partial charge in [-0.15, -0.1) is 0 Å². The van der Waals surface area contributed by atoms with Gasteiger partial charge in [-0.2, -0.15) is 5.26 Å². The number of hydrogen-bond donors (Lipinski definition) is 0. The number of ether oxygens (including phenoxy) is 2. The summed E-state index contributed by atoms with van der Waals surface area (Å²) >= 11 is 0. The number of rotatable bonds is 3. The van der Waals surface area contributed by atoms with E-state index in [0.29, 0.717) is 12.5 Å². The lowest BCUT2D eigenvalue weighted by Gasteiger charge is -2.12. The molecule has 1 aromatic carbocycles. The third kappa shape index (κ3) is 1.97. The van der Waals surface area contributed by atoms with E-state index >= 15 is 0 Å². The number of nitrogens with zero attached hydrogens (tertiary/aromatic N) is 3. The molecule has 1 aromatic heterocycles. The monoisotopic (exact) mass is 271 g/mol. The van der Waals surface area contributed by atoms with Crippen LogP contribution in [0.5, 0.6) is 11.5 Å². The third-order valence-corrected chi connectivity index (χ3v) is 3.47. The molecule has 1 atom stereocenters. The summed E-state index contributed by atoms with van der Waals surface area (Å²) in [6.07, 6.45) is 0. The molecule has 0 bridgehead atoms. The maximum Gasteiger partial charge on any atom is 0.231 e. The van der Waals surface area contributed by atoms with Gasteiger partial charge in [0.25, 0.3) is 0 Å². The molecule has 2 aromatic rings. The van der Waals surface area contributed by atoms with E-state index in [-0.39, 0.29) is 12.7 Å². The minimum absolute atomic E-state index is 0.0599. The van der Waals surface area contributed by atoms with E-state index in [1.54, 1.807) is 0 Å². The van der Waals surface area contributed by atoms with Crippen molar-refractivity contribution < 1.29 is 9.47 Å². The average molecular weight is 271 g/mol. The Labute approximate surface area is 117 Å². The van der Waals surface area contributed by atoms with E-state index in [1.807, 2.05) is 19.1 Å². The van der Waals surface area contributed by atoms with Crippen molar-refractivity contribution in [3.05, 3.63) is 18.0 Å². The van der Waals surface area contributed by atoms with E-state index in [4.69, 9.17) is 19.7 Å². The van der Waals surface area contributed by atoms with E-state index in [2.05, 4.69) is 24.5 Å². The first kappa shape index (κ1) is 12.8. The van der Waals surface area contributed by atoms with Crippen LogP contribution in [0.4, 0.5) is 0 Å². The summed E-state index contributed by atoms with van der Waals surface area (Å²) in [7, 11) is 0. The Morgan fingerprint density at radius 3 is 2.65 bits per heavy atom. The van der Waals surface area contributed by atoms with Gasteiger partial charge in [-0.25, -0.2) is 4.98 Å². The highest BCUT2D eigenvalue weighted by molar-refractivity contribution is 5.81. The maximum absolute atomic E-state index is 9.06. The van der Waals surface area contributed by atoms with Crippen LogP contribution in [0.2, 0.25) is 0 Å².